The van der Waals surface area contributed by atoms with E-state index in [0.717, 1.165) is 11.3 Å². The zero-order valence-corrected chi connectivity index (χ0v) is 15.7. The maximum Gasteiger partial charge on any atom is 0.231 e. The van der Waals surface area contributed by atoms with Gasteiger partial charge in [0.25, 0.3) is 0 Å². The number of hydrogen-bond donors (Lipinski definition) is 1. The molecule has 6 nitrogen and oxygen atoms in total. The zero-order valence-electron chi connectivity index (χ0n) is 13.4. The van der Waals surface area contributed by atoms with Crippen molar-refractivity contribution < 1.29 is 14.2 Å². The van der Waals surface area contributed by atoms with Gasteiger partial charge in [0.15, 0.2) is 17.3 Å². The summed E-state index contributed by atoms with van der Waals surface area (Å²) in [6.45, 7) is 0.495. The van der Waals surface area contributed by atoms with Gasteiger partial charge in [-0.05, 0) is 42.0 Å². The minimum Gasteiger partial charge on any atom is -0.486 e. The Balaban J connectivity index is 1.34. The fourth-order valence-electron chi connectivity index (χ4n) is 2.34. The lowest BCUT2D eigenvalue weighted by atomic mass is 10.2. The van der Waals surface area contributed by atoms with Crippen LogP contribution in [0.4, 0.5) is 0 Å². The van der Waals surface area contributed by atoms with Crippen molar-refractivity contribution in [1.29, 1.82) is 0 Å². The fraction of sp³-hybridized carbons (Fsp3) is 0.176. The Morgan fingerprint density at radius 3 is 2.85 bits per heavy atom. The molecule has 2 aromatic carbocycles. The van der Waals surface area contributed by atoms with Crippen molar-refractivity contribution >= 4 is 35.0 Å². The number of halogens is 2. The molecular weight excluding hydrogens is 397 g/mol. The SMILES string of the molecule is Clc1ccc(OCc2nc(SCc3cc(Cl)c4c(c3)OCO4)n[nH]2)cc1. The highest BCUT2D eigenvalue weighted by Gasteiger charge is 2.18. The number of hydrogen-bond acceptors (Lipinski definition) is 6. The predicted octanol–water partition coefficient (Wildman–Crippen LogP) is 4.71. The molecule has 0 saturated carbocycles. The molecule has 9 heteroatoms. The molecule has 134 valence electrons. The van der Waals surface area contributed by atoms with Gasteiger partial charge < -0.3 is 14.2 Å². The standard InChI is InChI=1S/C17H13Cl2N3O3S/c18-11-1-3-12(4-2-11)23-7-15-20-17(22-21-15)26-8-10-5-13(19)16-14(6-10)24-9-25-16/h1-6H,7-9H2,(H,20,21,22). The van der Waals surface area contributed by atoms with Gasteiger partial charge in [-0.15, -0.1) is 5.10 Å². The van der Waals surface area contributed by atoms with Crippen molar-refractivity contribution in [3.8, 4) is 17.2 Å². The van der Waals surface area contributed by atoms with E-state index in [0.29, 0.717) is 44.9 Å². The minimum atomic E-state index is 0.198. The first-order chi connectivity index (χ1) is 12.7. The third-order valence-electron chi connectivity index (χ3n) is 3.56. The van der Waals surface area contributed by atoms with E-state index in [2.05, 4.69) is 15.2 Å². The Morgan fingerprint density at radius 2 is 2.00 bits per heavy atom. The third-order valence-corrected chi connectivity index (χ3v) is 5.01. The van der Waals surface area contributed by atoms with Crippen LogP contribution in [-0.2, 0) is 12.4 Å². The van der Waals surface area contributed by atoms with Crippen LogP contribution in [0.2, 0.25) is 10.0 Å². The molecule has 1 aliphatic rings. The predicted molar refractivity (Wildman–Crippen MR) is 99.3 cm³/mol. The molecule has 4 rings (SSSR count). The number of H-pyrrole nitrogens is 1. The number of nitrogens with zero attached hydrogens (tertiary/aromatic N) is 2. The van der Waals surface area contributed by atoms with Crippen LogP contribution in [0.15, 0.2) is 41.6 Å². The second-order valence-corrected chi connectivity index (χ2v) is 7.19. The monoisotopic (exact) mass is 409 g/mol. The number of nitrogens with one attached hydrogen (secondary N) is 1. The third kappa shape index (κ3) is 4.00. The van der Waals surface area contributed by atoms with Gasteiger partial charge in [0.2, 0.25) is 11.9 Å². The fourth-order valence-corrected chi connectivity index (χ4v) is 3.50. The Hall–Kier alpha value is -2.09. The Kier molecular flexibility index (Phi) is 5.10. The van der Waals surface area contributed by atoms with Gasteiger partial charge in [0.05, 0.1) is 5.02 Å². The lowest BCUT2D eigenvalue weighted by Gasteiger charge is -2.04. The topological polar surface area (TPSA) is 69.3 Å². The van der Waals surface area contributed by atoms with E-state index in [1.54, 1.807) is 24.3 Å². The van der Waals surface area contributed by atoms with Crippen LogP contribution < -0.4 is 14.2 Å². The van der Waals surface area contributed by atoms with Crippen LogP contribution in [0, 0.1) is 0 Å². The van der Waals surface area contributed by atoms with E-state index >= 15 is 0 Å². The van der Waals surface area contributed by atoms with Crippen molar-refractivity contribution in [2.75, 3.05) is 6.79 Å². The highest BCUT2D eigenvalue weighted by molar-refractivity contribution is 7.98. The first kappa shape index (κ1) is 17.3. The first-order valence-electron chi connectivity index (χ1n) is 7.68. The Bertz CT molecular complexity index is 918. The van der Waals surface area contributed by atoms with Gasteiger partial charge in [-0.1, -0.05) is 35.0 Å². The molecule has 26 heavy (non-hydrogen) atoms. The average molecular weight is 410 g/mol. The molecule has 0 bridgehead atoms. The van der Waals surface area contributed by atoms with E-state index < -0.39 is 0 Å². The van der Waals surface area contributed by atoms with Crippen molar-refractivity contribution in [3.05, 3.63) is 57.8 Å². The van der Waals surface area contributed by atoms with Gasteiger partial charge in [0, 0.05) is 10.8 Å². The number of ether oxygens (including phenoxy) is 3. The van der Waals surface area contributed by atoms with Crippen molar-refractivity contribution in [2.24, 2.45) is 0 Å². The molecule has 0 unspecified atom stereocenters. The maximum atomic E-state index is 6.19. The number of aromatic amines is 1. The summed E-state index contributed by atoms with van der Waals surface area (Å²) in [5, 5.41) is 8.91. The number of aromatic nitrogens is 3. The molecule has 0 amide bonds. The summed E-state index contributed by atoms with van der Waals surface area (Å²) in [4.78, 5) is 4.41. The molecule has 0 aliphatic carbocycles. The van der Waals surface area contributed by atoms with Crippen LogP contribution in [0.5, 0.6) is 17.2 Å². The van der Waals surface area contributed by atoms with Gasteiger partial charge >= 0.3 is 0 Å². The van der Waals surface area contributed by atoms with Crippen molar-refractivity contribution in [1.82, 2.24) is 15.2 Å². The molecule has 1 N–H and O–H groups in total. The smallest absolute Gasteiger partial charge is 0.231 e. The number of thioether (sulfide) groups is 1. The van der Waals surface area contributed by atoms with Crippen molar-refractivity contribution in [2.45, 2.75) is 17.5 Å². The van der Waals surface area contributed by atoms with E-state index in [4.69, 9.17) is 37.4 Å². The Labute approximate surface area is 163 Å². The van der Waals surface area contributed by atoms with Crippen LogP contribution in [-0.4, -0.2) is 22.0 Å². The van der Waals surface area contributed by atoms with Gasteiger partial charge in [-0.2, -0.15) is 0 Å². The largest absolute Gasteiger partial charge is 0.486 e. The highest BCUT2D eigenvalue weighted by Crippen LogP contribution is 2.40. The molecule has 0 radical (unpaired) electrons. The maximum absolute atomic E-state index is 6.19. The molecule has 1 aliphatic heterocycles. The second-order valence-electron chi connectivity index (χ2n) is 5.41. The Morgan fingerprint density at radius 1 is 1.15 bits per heavy atom. The summed E-state index contributed by atoms with van der Waals surface area (Å²) >= 11 is 13.5. The molecule has 0 fully saturated rings. The first-order valence-corrected chi connectivity index (χ1v) is 9.42. The number of fused-ring (bicyclic) bond motifs is 1. The summed E-state index contributed by atoms with van der Waals surface area (Å²) in [6, 6.07) is 10.9. The summed E-state index contributed by atoms with van der Waals surface area (Å²) in [5.74, 6) is 3.28. The molecule has 3 aromatic rings. The highest BCUT2D eigenvalue weighted by atomic mass is 35.5. The number of benzene rings is 2. The summed E-state index contributed by atoms with van der Waals surface area (Å²) in [7, 11) is 0. The van der Waals surface area contributed by atoms with Gasteiger partial charge in [-0.25, -0.2) is 4.98 Å². The molecule has 1 aromatic heterocycles. The van der Waals surface area contributed by atoms with Crippen LogP contribution in [0.1, 0.15) is 11.4 Å². The summed E-state index contributed by atoms with van der Waals surface area (Å²) < 4.78 is 16.3. The van der Waals surface area contributed by atoms with Crippen molar-refractivity contribution in [3.63, 3.8) is 0 Å². The van der Waals surface area contributed by atoms with E-state index in [9.17, 15) is 0 Å². The summed E-state index contributed by atoms with van der Waals surface area (Å²) in [5.41, 5.74) is 1.01. The summed E-state index contributed by atoms with van der Waals surface area (Å²) in [6.07, 6.45) is 0. The van der Waals surface area contributed by atoms with Crippen LogP contribution >= 0.6 is 35.0 Å². The quantitative estimate of drug-likeness (QED) is 0.594. The van der Waals surface area contributed by atoms with E-state index in [-0.39, 0.29) is 6.79 Å². The molecule has 2 heterocycles. The van der Waals surface area contributed by atoms with Gasteiger partial charge in [-0.3, -0.25) is 5.10 Å². The molecule has 0 atom stereocenters. The molecule has 0 spiro atoms. The lowest BCUT2D eigenvalue weighted by molar-refractivity contribution is 0.174. The second kappa shape index (κ2) is 7.65. The van der Waals surface area contributed by atoms with Gasteiger partial charge in [0.1, 0.15) is 12.4 Å². The van der Waals surface area contributed by atoms with Crippen LogP contribution in [0.3, 0.4) is 0 Å². The van der Waals surface area contributed by atoms with E-state index in [1.165, 1.54) is 11.8 Å². The average Bonchev–Trinajstić information content (AvgIpc) is 3.29. The van der Waals surface area contributed by atoms with E-state index in [1.807, 2.05) is 12.1 Å². The molecule has 0 saturated heterocycles. The zero-order chi connectivity index (χ0) is 17.9. The molecular formula is C17H13Cl2N3O3S. The lowest BCUT2D eigenvalue weighted by Crippen LogP contribution is -1.97. The van der Waals surface area contributed by atoms with Crippen LogP contribution in [0.25, 0.3) is 0 Å². The minimum absolute atomic E-state index is 0.198. The normalized spacial score (nSPS) is 12.4. The number of rotatable bonds is 6.